The smallest absolute Gasteiger partial charge is 0.250 e. The van der Waals surface area contributed by atoms with Crippen molar-refractivity contribution >= 4 is 17.3 Å². The third-order valence-corrected chi connectivity index (χ3v) is 2.69. The molecule has 0 aliphatic heterocycles. The second-order valence-corrected chi connectivity index (χ2v) is 4.04. The van der Waals surface area contributed by atoms with Crippen LogP contribution in [0.3, 0.4) is 0 Å². The summed E-state index contributed by atoms with van der Waals surface area (Å²) < 4.78 is 5.27. The van der Waals surface area contributed by atoms with Crippen molar-refractivity contribution in [2.75, 3.05) is 17.7 Å². The van der Waals surface area contributed by atoms with Gasteiger partial charge in [-0.25, -0.2) is 0 Å². The molecule has 94 valence electrons. The maximum absolute atomic E-state index is 11.4. The molecule has 0 unspecified atom stereocenters. The molecule has 0 aliphatic carbocycles. The quantitative estimate of drug-likeness (QED) is 0.801. The molecule has 0 bridgehead atoms. The van der Waals surface area contributed by atoms with Gasteiger partial charge in [0.1, 0.15) is 5.76 Å². The van der Waals surface area contributed by atoms with Crippen molar-refractivity contribution in [2.45, 2.75) is 6.54 Å². The van der Waals surface area contributed by atoms with Crippen LogP contribution >= 0.6 is 0 Å². The molecule has 5 heteroatoms. The molecule has 0 aliphatic rings. The molecule has 1 aromatic heterocycles. The Morgan fingerprint density at radius 3 is 2.72 bits per heavy atom. The number of rotatable bonds is 4. The lowest BCUT2D eigenvalue weighted by Gasteiger charge is -2.22. The number of furan rings is 1. The van der Waals surface area contributed by atoms with E-state index >= 15 is 0 Å². The zero-order valence-corrected chi connectivity index (χ0v) is 10.1. The highest BCUT2D eigenvalue weighted by Crippen LogP contribution is 2.27. The highest BCUT2D eigenvalue weighted by Gasteiger charge is 2.15. The number of carbonyl (C=O) groups excluding carboxylic acids is 1. The summed E-state index contributed by atoms with van der Waals surface area (Å²) in [4.78, 5) is 13.2. The third kappa shape index (κ3) is 2.29. The number of hydrogen-bond acceptors (Lipinski definition) is 4. The van der Waals surface area contributed by atoms with Crippen LogP contribution in [0.2, 0.25) is 0 Å². The molecular formula is C13H15N3O2. The van der Waals surface area contributed by atoms with Gasteiger partial charge in [0.25, 0.3) is 5.91 Å². The summed E-state index contributed by atoms with van der Waals surface area (Å²) in [6, 6.07) is 8.78. The number of nitrogens with two attached hydrogens (primary N) is 2. The summed E-state index contributed by atoms with van der Waals surface area (Å²) in [5.74, 6) is 0.291. The first-order chi connectivity index (χ1) is 8.59. The van der Waals surface area contributed by atoms with Gasteiger partial charge in [0.15, 0.2) is 0 Å². The Morgan fingerprint density at radius 2 is 2.11 bits per heavy atom. The fourth-order valence-corrected chi connectivity index (χ4v) is 1.90. The summed E-state index contributed by atoms with van der Waals surface area (Å²) >= 11 is 0. The standard InChI is InChI=1S/C13H15N3O2/c1-16(8-9-4-3-7-18-9)12-10(13(15)17)5-2-6-11(12)14/h2-7H,8,14H2,1H3,(H2,15,17). The maximum atomic E-state index is 11.4. The van der Waals surface area contributed by atoms with Crippen LogP contribution in [0, 0.1) is 0 Å². The van der Waals surface area contributed by atoms with Crippen molar-refractivity contribution in [2.24, 2.45) is 5.73 Å². The number of para-hydroxylation sites is 1. The lowest BCUT2D eigenvalue weighted by molar-refractivity contribution is 0.100. The summed E-state index contributed by atoms with van der Waals surface area (Å²) in [5, 5.41) is 0. The van der Waals surface area contributed by atoms with Crippen molar-refractivity contribution < 1.29 is 9.21 Å². The average Bonchev–Trinajstić information content (AvgIpc) is 2.81. The molecule has 2 rings (SSSR count). The van der Waals surface area contributed by atoms with E-state index < -0.39 is 5.91 Å². The largest absolute Gasteiger partial charge is 0.467 e. The van der Waals surface area contributed by atoms with E-state index in [9.17, 15) is 4.79 Å². The first-order valence-electron chi connectivity index (χ1n) is 5.51. The van der Waals surface area contributed by atoms with Crippen LogP contribution in [0.5, 0.6) is 0 Å². The van der Waals surface area contributed by atoms with Crippen LogP contribution in [0.4, 0.5) is 11.4 Å². The van der Waals surface area contributed by atoms with Crippen molar-refractivity contribution in [1.82, 2.24) is 0 Å². The fraction of sp³-hybridized carbons (Fsp3) is 0.154. The SMILES string of the molecule is CN(Cc1ccco1)c1c(N)cccc1C(N)=O. The predicted octanol–water partition coefficient (Wildman–Crippen LogP) is 1.60. The molecule has 4 N–H and O–H groups in total. The first-order valence-corrected chi connectivity index (χ1v) is 5.51. The Hall–Kier alpha value is -2.43. The van der Waals surface area contributed by atoms with E-state index in [0.717, 1.165) is 5.76 Å². The van der Waals surface area contributed by atoms with Crippen LogP contribution in [0.1, 0.15) is 16.1 Å². The van der Waals surface area contributed by atoms with Crippen molar-refractivity contribution in [1.29, 1.82) is 0 Å². The molecule has 18 heavy (non-hydrogen) atoms. The minimum atomic E-state index is -0.497. The van der Waals surface area contributed by atoms with Gasteiger partial charge in [-0.1, -0.05) is 6.07 Å². The Balaban J connectivity index is 2.34. The minimum absolute atomic E-state index is 0.407. The highest BCUT2D eigenvalue weighted by atomic mass is 16.3. The van der Waals surface area contributed by atoms with Gasteiger partial charge < -0.3 is 20.8 Å². The summed E-state index contributed by atoms with van der Waals surface area (Å²) in [6.45, 7) is 0.515. The topological polar surface area (TPSA) is 85.5 Å². The van der Waals surface area contributed by atoms with Crippen LogP contribution in [0.25, 0.3) is 0 Å². The molecule has 1 heterocycles. The van der Waals surface area contributed by atoms with Gasteiger partial charge in [0.05, 0.1) is 29.7 Å². The Labute approximate surface area is 105 Å². The summed E-state index contributed by atoms with van der Waals surface area (Å²) in [7, 11) is 1.83. The van der Waals surface area contributed by atoms with Crippen LogP contribution in [0.15, 0.2) is 41.0 Å². The summed E-state index contributed by atoms with van der Waals surface area (Å²) in [6.07, 6.45) is 1.60. The number of benzene rings is 1. The average molecular weight is 245 g/mol. The number of amides is 1. The second kappa shape index (κ2) is 4.83. The first kappa shape index (κ1) is 12.0. The second-order valence-electron chi connectivity index (χ2n) is 4.04. The van der Waals surface area contributed by atoms with E-state index in [-0.39, 0.29) is 0 Å². The molecular weight excluding hydrogens is 230 g/mol. The van der Waals surface area contributed by atoms with Crippen LogP contribution < -0.4 is 16.4 Å². The van der Waals surface area contributed by atoms with E-state index in [2.05, 4.69) is 0 Å². The van der Waals surface area contributed by atoms with Gasteiger partial charge >= 0.3 is 0 Å². The highest BCUT2D eigenvalue weighted by molar-refractivity contribution is 6.01. The van der Waals surface area contributed by atoms with Gasteiger partial charge in [-0.05, 0) is 24.3 Å². The van der Waals surface area contributed by atoms with Crippen molar-refractivity contribution in [3.8, 4) is 0 Å². The molecule has 0 atom stereocenters. The van der Waals surface area contributed by atoms with E-state index in [4.69, 9.17) is 15.9 Å². The van der Waals surface area contributed by atoms with Gasteiger partial charge in [0, 0.05) is 7.05 Å². The molecule has 0 radical (unpaired) electrons. The van der Waals surface area contributed by atoms with E-state index in [0.29, 0.717) is 23.5 Å². The minimum Gasteiger partial charge on any atom is -0.467 e. The monoisotopic (exact) mass is 245 g/mol. The molecule has 1 amide bonds. The number of primary amides is 1. The van der Waals surface area contributed by atoms with Crippen LogP contribution in [-0.4, -0.2) is 13.0 Å². The lowest BCUT2D eigenvalue weighted by Crippen LogP contribution is -2.23. The predicted molar refractivity (Wildman–Crippen MR) is 70.2 cm³/mol. The number of nitrogen functional groups attached to an aromatic ring is 1. The zero-order chi connectivity index (χ0) is 13.1. The molecule has 5 nitrogen and oxygen atoms in total. The van der Waals surface area contributed by atoms with E-state index in [1.807, 2.05) is 24.1 Å². The molecule has 0 fully saturated rings. The van der Waals surface area contributed by atoms with Gasteiger partial charge in [-0.2, -0.15) is 0 Å². The van der Waals surface area contributed by atoms with Gasteiger partial charge in [0.2, 0.25) is 0 Å². The van der Waals surface area contributed by atoms with E-state index in [1.54, 1.807) is 24.5 Å². The molecule has 0 spiro atoms. The Morgan fingerprint density at radius 1 is 1.33 bits per heavy atom. The number of carbonyl (C=O) groups is 1. The molecule has 2 aromatic rings. The maximum Gasteiger partial charge on any atom is 0.250 e. The van der Waals surface area contributed by atoms with E-state index in [1.165, 1.54) is 0 Å². The van der Waals surface area contributed by atoms with Crippen molar-refractivity contribution in [3.05, 3.63) is 47.9 Å². The molecule has 1 aromatic carbocycles. The normalized spacial score (nSPS) is 10.3. The van der Waals surface area contributed by atoms with Crippen molar-refractivity contribution in [3.63, 3.8) is 0 Å². The summed E-state index contributed by atoms with van der Waals surface area (Å²) in [5.41, 5.74) is 12.8. The lowest BCUT2D eigenvalue weighted by atomic mass is 10.1. The Bertz CT molecular complexity index is 549. The third-order valence-electron chi connectivity index (χ3n) is 2.69. The molecule has 0 saturated heterocycles. The Kier molecular flexibility index (Phi) is 3.23. The van der Waals surface area contributed by atoms with Gasteiger partial charge in [-0.3, -0.25) is 4.79 Å². The number of hydrogen-bond donors (Lipinski definition) is 2. The molecule has 0 saturated carbocycles. The fourth-order valence-electron chi connectivity index (χ4n) is 1.90. The number of anilines is 2. The van der Waals surface area contributed by atoms with Crippen LogP contribution in [-0.2, 0) is 6.54 Å². The number of nitrogens with zero attached hydrogens (tertiary/aromatic N) is 1. The van der Waals surface area contributed by atoms with Gasteiger partial charge in [-0.15, -0.1) is 0 Å². The zero-order valence-electron chi connectivity index (χ0n) is 10.1.